The molecule has 0 aliphatic carbocycles. The van der Waals surface area contributed by atoms with Crippen LogP contribution >= 0.6 is 0 Å². The summed E-state index contributed by atoms with van der Waals surface area (Å²) in [5.74, 6) is 1.64. The van der Waals surface area contributed by atoms with Crippen molar-refractivity contribution in [1.82, 2.24) is 14.5 Å². The van der Waals surface area contributed by atoms with Crippen molar-refractivity contribution in [3.05, 3.63) is 72.1 Å². The number of imidazole rings is 1. The lowest BCUT2D eigenvalue weighted by atomic mass is 10.1. The van der Waals surface area contributed by atoms with Crippen molar-refractivity contribution < 1.29 is 9.84 Å². The van der Waals surface area contributed by atoms with Gasteiger partial charge >= 0.3 is 0 Å². The molecule has 0 spiro atoms. The van der Waals surface area contributed by atoms with E-state index in [4.69, 9.17) is 9.84 Å². The Labute approximate surface area is 154 Å². The number of hydrogen-bond acceptors (Lipinski definition) is 4. The molecule has 0 saturated heterocycles. The molecule has 3 rings (SSSR count). The summed E-state index contributed by atoms with van der Waals surface area (Å²) in [4.78, 5) is 6.69. The van der Waals surface area contributed by atoms with Gasteiger partial charge in [0.1, 0.15) is 18.2 Å². The first-order valence-corrected chi connectivity index (χ1v) is 8.73. The Bertz CT molecular complexity index is 843. The molecule has 5 nitrogen and oxygen atoms in total. The van der Waals surface area contributed by atoms with Crippen LogP contribution in [-0.2, 0) is 13.1 Å². The van der Waals surface area contributed by atoms with Crippen molar-refractivity contribution >= 4 is 0 Å². The zero-order chi connectivity index (χ0) is 18.4. The second-order valence-electron chi connectivity index (χ2n) is 6.54. The van der Waals surface area contributed by atoms with E-state index in [0.29, 0.717) is 0 Å². The molecule has 0 unspecified atom stereocenters. The molecule has 0 saturated carbocycles. The molecule has 26 heavy (non-hydrogen) atoms. The summed E-state index contributed by atoms with van der Waals surface area (Å²) >= 11 is 0. The van der Waals surface area contributed by atoms with Crippen molar-refractivity contribution in [2.24, 2.45) is 0 Å². The summed E-state index contributed by atoms with van der Waals surface area (Å²) in [6.07, 6.45) is 3.81. The van der Waals surface area contributed by atoms with E-state index >= 15 is 0 Å². The average molecular weight is 351 g/mol. The van der Waals surface area contributed by atoms with Gasteiger partial charge < -0.3 is 19.3 Å². The van der Waals surface area contributed by atoms with Gasteiger partial charge in [-0.25, -0.2) is 4.98 Å². The number of aromatic nitrogens is 2. The zero-order valence-electron chi connectivity index (χ0n) is 15.3. The number of rotatable bonds is 8. The summed E-state index contributed by atoms with van der Waals surface area (Å²) in [6.45, 7) is 1.98. The second kappa shape index (κ2) is 8.65. The van der Waals surface area contributed by atoms with Crippen LogP contribution in [0.15, 0.2) is 60.9 Å². The molecule has 0 atom stereocenters. The fraction of sp³-hybridized carbons (Fsp3) is 0.286. The van der Waals surface area contributed by atoms with Crippen LogP contribution in [0.4, 0.5) is 0 Å². The molecule has 0 radical (unpaired) electrons. The lowest BCUT2D eigenvalue weighted by Crippen LogP contribution is -2.11. The Hall–Kier alpha value is -2.63. The third-order valence-corrected chi connectivity index (χ3v) is 4.01. The number of aliphatic hydroxyl groups is 1. The van der Waals surface area contributed by atoms with Gasteiger partial charge in [-0.15, -0.1) is 0 Å². The molecule has 0 aliphatic heterocycles. The molecule has 0 aliphatic rings. The Kier molecular flexibility index (Phi) is 6.04. The molecule has 1 heterocycles. The highest BCUT2D eigenvalue weighted by Crippen LogP contribution is 2.23. The SMILES string of the molecule is CN(C)Cc1cccc(Cn2ccnc2-c2cccc(OCCO)c2)c1. The van der Waals surface area contributed by atoms with Gasteiger partial charge in [0.15, 0.2) is 0 Å². The number of aliphatic hydroxyl groups excluding tert-OH is 1. The number of ether oxygens (including phenoxy) is 1. The highest BCUT2D eigenvalue weighted by atomic mass is 16.5. The van der Waals surface area contributed by atoms with Gasteiger partial charge in [-0.3, -0.25) is 0 Å². The van der Waals surface area contributed by atoms with E-state index in [0.717, 1.165) is 30.2 Å². The predicted octanol–water partition coefficient (Wildman–Crippen LogP) is 3.03. The average Bonchev–Trinajstić information content (AvgIpc) is 3.08. The topological polar surface area (TPSA) is 50.5 Å². The van der Waals surface area contributed by atoms with E-state index in [-0.39, 0.29) is 13.2 Å². The van der Waals surface area contributed by atoms with Crippen molar-refractivity contribution in [2.75, 3.05) is 27.3 Å². The molecule has 2 aromatic carbocycles. The minimum atomic E-state index is 0.00213. The van der Waals surface area contributed by atoms with Gasteiger partial charge in [-0.2, -0.15) is 0 Å². The first-order valence-electron chi connectivity index (χ1n) is 8.73. The van der Waals surface area contributed by atoms with Gasteiger partial charge in [-0.05, 0) is 37.4 Å². The summed E-state index contributed by atoms with van der Waals surface area (Å²) in [6, 6.07) is 16.4. The normalized spacial score (nSPS) is 11.1. The molecule has 5 heteroatoms. The first kappa shape index (κ1) is 18.2. The fourth-order valence-electron chi connectivity index (χ4n) is 2.97. The maximum Gasteiger partial charge on any atom is 0.140 e. The summed E-state index contributed by atoms with van der Waals surface area (Å²) < 4.78 is 7.65. The van der Waals surface area contributed by atoms with E-state index in [1.165, 1.54) is 11.1 Å². The molecule has 0 amide bonds. The Morgan fingerprint density at radius 1 is 1.08 bits per heavy atom. The van der Waals surface area contributed by atoms with Crippen LogP contribution in [0.25, 0.3) is 11.4 Å². The van der Waals surface area contributed by atoms with Gasteiger partial charge in [0.05, 0.1) is 6.61 Å². The van der Waals surface area contributed by atoms with Crippen LogP contribution in [0.1, 0.15) is 11.1 Å². The van der Waals surface area contributed by atoms with E-state index in [9.17, 15) is 0 Å². The van der Waals surface area contributed by atoms with Crippen LogP contribution in [0, 0.1) is 0 Å². The highest BCUT2D eigenvalue weighted by Gasteiger charge is 2.08. The van der Waals surface area contributed by atoms with Crippen LogP contribution in [0.5, 0.6) is 5.75 Å². The van der Waals surface area contributed by atoms with E-state index < -0.39 is 0 Å². The predicted molar refractivity (Wildman–Crippen MR) is 103 cm³/mol. The minimum absolute atomic E-state index is 0.00213. The number of benzene rings is 2. The Morgan fingerprint density at radius 3 is 2.69 bits per heavy atom. The van der Waals surface area contributed by atoms with Crippen LogP contribution < -0.4 is 4.74 Å². The van der Waals surface area contributed by atoms with E-state index in [1.807, 2.05) is 36.7 Å². The largest absolute Gasteiger partial charge is 0.491 e. The van der Waals surface area contributed by atoms with Gasteiger partial charge in [0.25, 0.3) is 0 Å². The molecule has 0 fully saturated rings. The van der Waals surface area contributed by atoms with Crippen LogP contribution in [0.3, 0.4) is 0 Å². The summed E-state index contributed by atoms with van der Waals surface area (Å²) in [5, 5.41) is 8.92. The van der Waals surface area contributed by atoms with Crippen LogP contribution in [-0.4, -0.2) is 46.9 Å². The molecular formula is C21H25N3O2. The molecular weight excluding hydrogens is 326 g/mol. The fourth-order valence-corrected chi connectivity index (χ4v) is 2.97. The van der Waals surface area contributed by atoms with Crippen LogP contribution in [0.2, 0.25) is 0 Å². The summed E-state index contributed by atoms with van der Waals surface area (Å²) in [7, 11) is 4.15. The van der Waals surface area contributed by atoms with Crippen molar-refractivity contribution in [3.63, 3.8) is 0 Å². The second-order valence-corrected chi connectivity index (χ2v) is 6.54. The maximum absolute atomic E-state index is 8.92. The van der Waals surface area contributed by atoms with Crippen molar-refractivity contribution in [1.29, 1.82) is 0 Å². The molecule has 136 valence electrons. The molecule has 1 aromatic heterocycles. The third kappa shape index (κ3) is 4.71. The standard InChI is InChI=1S/C21H25N3O2/c1-23(2)15-17-5-3-6-18(13-17)16-24-10-9-22-21(24)19-7-4-8-20(14-19)26-12-11-25/h3-10,13-14,25H,11-12,15-16H2,1-2H3. The smallest absolute Gasteiger partial charge is 0.140 e. The highest BCUT2D eigenvalue weighted by molar-refractivity contribution is 5.58. The maximum atomic E-state index is 8.92. The quantitative estimate of drug-likeness (QED) is 0.678. The Balaban J connectivity index is 1.81. The van der Waals surface area contributed by atoms with E-state index in [2.05, 4.69) is 52.8 Å². The first-order chi connectivity index (χ1) is 12.7. The monoisotopic (exact) mass is 351 g/mol. The van der Waals surface area contributed by atoms with Crippen molar-refractivity contribution in [3.8, 4) is 17.1 Å². The molecule has 3 aromatic rings. The van der Waals surface area contributed by atoms with Crippen molar-refractivity contribution in [2.45, 2.75) is 13.1 Å². The molecule has 0 bridgehead atoms. The van der Waals surface area contributed by atoms with Gasteiger partial charge in [0, 0.05) is 31.0 Å². The number of nitrogens with zero attached hydrogens (tertiary/aromatic N) is 3. The van der Waals surface area contributed by atoms with Gasteiger partial charge in [0.2, 0.25) is 0 Å². The Morgan fingerprint density at radius 2 is 1.88 bits per heavy atom. The lowest BCUT2D eigenvalue weighted by Gasteiger charge is -2.13. The molecule has 1 N–H and O–H groups in total. The zero-order valence-corrected chi connectivity index (χ0v) is 15.3. The van der Waals surface area contributed by atoms with E-state index in [1.54, 1.807) is 0 Å². The summed E-state index contributed by atoms with van der Waals surface area (Å²) in [5.41, 5.74) is 3.54. The minimum Gasteiger partial charge on any atom is -0.491 e. The number of hydrogen-bond donors (Lipinski definition) is 1. The lowest BCUT2D eigenvalue weighted by molar-refractivity contribution is 0.201. The van der Waals surface area contributed by atoms with Gasteiger partial charge in [-0.1, -0.05) is 36.4 Å². The third-order valence-electron chi connectivity index (χ3n) is 4.01.